The minimum atomic E-state index is -0.405. The average Bonchev–Trinajstić information content (AvgIpc) is 2.77. The molecule has 32 heavy (non-hydrogen) atoms. The molecule has 0 fully saturated rings. The van der Waals surface area contributed by atoms with Crippen LogP contribution < -0.4 is 19.7 Å². The predicted molar refractivity (Wildman–Crippen MR) is 121 cm³/mol. The van der Waals surface area contributed by atoms with Gasteiger partial charge in [0.25, 0.3) is 11.8 Å². The van der Waals surface area contributed by atoms with Gasteiger partial charge in [0, 0.05) is 23.8 Å². The van der Waals surface area contributed by atoms with Crippen molar-refractivity contribution in [1.29, 1.82) is 0 Å². The number of esters is 1. The van der Waals surface area contributed by atoms with Gasteiger partial charge in [0.1, 0.15) is 0 Å². The highest BCUT2D eigenvalue weighted by atomic mass is 16.5. The maximum atomic E-state index is 13.4. The Morgan fingerprint density at radius 1 is 1.03 bits per heavy atom. The van der Waals surface area contributed by atoms with Crippen molar-refractivity contribution in [2.75, 3.05) is 32.3 Å². The summed E-state index contributed by atoms with van der Waals surface area (Å²) in [5.74, 6) is -0.287. The highest BCUT2D eigenvalue weighted by molar-refractivity contribution is 6.07. The smallest absolute Gasteiger partial charge is 0.307 e. The molecular weight excluding hydrogens is 412 g/mol. The third kappa shape index (κ3) is 6.73. The van der Waals surface area contributed by atoms with Gasteiger partial charge < -0.3 is 24.4 Å². The van der Waals surface area contributed by atoms with Crippen LogP contribution in [0.3, 0.4) is 0 Å². The van der Waals surface area contributed by atoms with Gasteiger partial charge in [-0.05, 0) is 50.6 Å². The number of carbonyl (C=O) groups excluding carboxylic acids is 3. The van der Waals surface area contributed by atoms with Crippen LogP contribution in [0, 0.1) is 6.92 Å². The number of anilines is 1. The van der Waals surface area contributed by atoms with Crippen molar-refractivity contribution in [3.8, 4) is 11.5 Å². The van der Waals surface area contributed by atoms with Crippen LogP contribution in [-0.4, -0.2) is 51.2 Å². The lowest BCUT2D eigenvalue weighted by molar-refractivity contribution is -0.140. The number of carbonyl (C=O) groups is 3. The van der Waals surface area contributed by atoms with E-state index in [2.05, 4.69) is 5.32 Å². The van der Waals surface area contributed by atoms with Gasteiger partial charge in [-0.25, -0.2) is 0 Å². The van der Waals surface area contributed by atoms with Gasteiger partial charge in [0.05, 0.1) is 20.6 Å². The SMILES string of the molecule is COC(=O)CCN(C(=O)c1ccc(OCC(=O)NC(C)C)c(OC)c1)c1ccccc1C. The van der Waals surface area contributed by atoms with Crippen LogP contribution in [0.1, 0.15) is 36.2 Å². The van der Waals surface area contributed by atoms with Crippen LogP contribution in [0.25, 0.3) is 0 Å². The molecule has 0 bridgehead atoms. The van der Waals surface area contributed by atoms with Crippen LogP contribution in [-0.2, 0) is 14.3 Å². The van der Waals surface area contributed by atoms with Gasteiger partial charge in [-0.3, -0.25) is 14.4 Å². The minimum Gasteiger partial charge on any atom is -0.493 e. The highest BCUT2D eigenvalue weighted by Crippen LogP contribution is 2.30. The van der Waals surface area contributed by atoms with Gasteiger partial charge in [0.2, 0.25) is 0 Å². The maximum absolute atomic E-state index is 13.4. The number of rotatable bonds is 10. The Morgan fingerprint density at radius 3 is 2.38 bits per heavy atom. The second kappa shape index (κ2) is 11.7. The number of benzene rings is 2. The molecule has 0 unspecified atom stereocenters. The lowest BCUT2D eigenvalue weighted by Crippen LogP contribution is -2.34. The molecule has 0 aliphatic carbocycles. The van der Waals surface area contributed by atoms with E-state index >= 15 is 0 Å². The van der Waals surface area contributed by atoms with Crippen molar-refractivity contribution in [2.24, 2.45) is 0 Å². The predicted octanol–water partition coefficient (Wildman–Crippen LogP) is 3.12. The molecule has 0 spiro atoms. The topological polar surface area (TPSA) is 94.2 Å². The molecule has 0 saturated heterocycles. The number of nitrogens with one attached hydrogen (secondary N) is 1. The zero-order valence-corrected chi connectivity index (χ0v) is 19.1. The number of para-hydroxylation sites is 1. The van der Waals surface area contributed by atoms with Gasteiger partial charge >= 0.3 is 5.97 Å². The Labute approximate surface area is 188 Å². The lowest BCUT2D eigenvalue weighted by Gasteiger charge is -2.24. The van der Waals surface area contributed by atoms with Gasteiger partial charge in [-0.15, -0.1) is 0 Å². The van der Waals surface area contributed by atoms with E-state index in [1.54, 1.807) is 18.2 Å². The summed E-state index contributed by atoms with van der Waals surface area (Å²) in [7, 11) is 2.77. The summed E-state index contributed by atoms with van der Waals surface area (Å²) in [5, 5.41) is 2.74. The number of ether oxygens (including phenoxy) is 3. The van der Waals surface area contributed by atoms with E-state index < -0.39 is 5.97 Å². The summed E-state index contributed by atoms with van der Waals surface area (Å²) >= 11 is 0. The number of nitrogens with zero attached hydrogens (tertiary/aromatic N) is 1. The van der Waals surface area contributed by atoms with E-state index in [0.29, 0.717) is 22.7 Å². The summed E-state index contributed by atoms with van der Waals surface area (Å²) < 4.78 is 15.7. The second-order valence-electron chi connectivity index (χ2n) is 7.45. The van der Waals surface area contributed by atoms with E-state index in [4.69, 9.17) is 14.2 Å². The molecule has 0 atom stereocenters. The van der Waals surface area contributed by atoms with Crippen molar-refractivity contribution in [3.63, 3.8) is 0 Å². The van der Waals surface area contributed by atoms with Crippen LogP contribution in [0.15, 0.2) is 42.5 Å². The lowest BCUT2D eigenvalue weighted by atomic mass is 10.1. The number of amides is 2. The third-order valence-electron chi connectivity index (χ3n) is 4.64. The minimum absolute atomic E-state index is 0.00501. The Balaban J connectivity index is 2.27. The van der Waals surface area contributed by atoms with Gasteiger partial charge in [0.15, 0.2) is 18.1 Å². The summed E-state index contributed by atoms with van der Waals surface area (Å²) in [6.07, 6.45) is 0.0554. The fourth-order valence-electron chi connectivity index (χ4n) is 3.09. The molecule has 172 valence electrons. The Hall–Kier alpha value is -3.55. The zero-order chi connectivity index (χ0) is 23.7. The van der Waals surface area contributed by atoms with Gasteiger partial charge in [-0.2, -0.15) is 0 Å². The van der Waals surface area contributed by atoms with Crippen molar-refractivity contribution in [3.05, 3.63) is 53.6 Å². The molecule has 0 radical (unpaired) electrons. The summed E-state index contributed by atoms with van der Waals surface area (Å²) in [5.41, 5.74) is 1.95. The molecule has 0 aliphatic rings. The molecule has 2 aromatic rings. The molecule has 1 N–H and O–H groups in total. The Kier molecular flexibility index (Phi) is 9.07. The normalized spacial score (nSPS) is 10.4. The number of methoxy groups -OCH3 is 2. The first kappa shape index (κ1) is 24.7. The summed E-state index contributed by atoms with van der Waals surface area (Å²) in [4.78, 5) is 38.5. The second-order valence-corrected chi connectivity index (χ2v) is 7.45. The zero-order valence-electron chi connectivity index (χ0n) is 19.1. The first-order valence-electron chi connectivity index (χ1n) is 10.3. The van der Waals surface area contributed by atoms with Crippen LogP contribution in [0.5, 0.6) is 11.5 Å². The molecular formula is C24H30N2O6. The molecule has 2 rings (SSSR count). The fourth-order valence-corrected chi connectivity index (χ4v) is 3.09. The molecule has 0 aromatic heterocycles. The van der Waals surface area contributed by atoms with E-state index in [9.17, 15) is 14.4 Å². The first-order chi connectivity index (χ1) is 15.3. The third-order valence-corrected chi connectivity index (χ3v) is 4.64. The quantitative estimate of drug-likeness (QED) is 0.568. The van der Waals surface area contributed by atoms with Crippen LogP contribution in [0.2, 0.25) is 0 Å². The van der Waals surface area contributed by atoms with Crippen molar-refractivity contribution >= 4 is 23.5 Å². The maximum Gasteiger partial charge on any atom is 0.307 e. The standard InChI is InChI=1S/C24H30N2O6/c1-16(2)25-22(27)15-32-20-11-10-18(14-21(20)30-4)24(29)26(13-12-23(28)31-5)19-9-7-6-8-17(19)3/h6-11,14,16H,12-13,15H2,1-5H3,(H,25,27). The summed E-state index contributed by atoms with van der Waals surface area (Å²) in [6, 6.07) is 12.2. The largest absolute Gasteiger partial charge is 0.493 e. The molecule has 2 aromatic carbocycles. The monoisotopic (exact) mass is 442 g/mol. The van der Waals surface area contributed by atoms with Crippen molar-refractivity contribution < 1.29 is 28.6 Å². The number of hydrogen-bond donors (Lipinski definition) is 1. The van der Waals surface area contributed by atoms with Crippen molar-refractivity contribution in [2.45, 2.75) is 33.2 Å². The van der Waals surface area contributed by atoms with E-state index in [1.165, 1.54) is 19.1 Å². The fraction of sp³-hybridized carbons (Fsp3) is 0.375. The molecule has 0 heterocycles. The van der Waals surface area contributed by atoms with E-state index in [0.717, 1.165) is 5.56 Å². The van der Waals surface area contributed by atoms with Crippen molar-refractivity contribution in [1.82, 2.24) is 5.32 Å². The number of aryl methyl sites for hydroxylation is 1. The van der Waals surface area contributed by atoms with Gasteiger partial charge in [-0.1, -0.05) is 18.2 Å². The first-order valence-corrected chi connectivity index (χ1v) is 10.3. The molecule has 0 saturated carbocycles. The molecule has 0 aliphatic heterocycles. The molecule has 8 heteroatoms. The summed E-state index contributed by atoms with van der Waals surface area (Å²) in [6.45, 7) is 5.61. The van der Waals surface area contributed by atoms with Crippen LogP contribution in [0.4, 0.5) is 5.69 Å². The molecule has 2 amide bonds. The molecule has 8 nitrogen and oxygen atoms in total. The van der Waals surface area contributed by atoms with E-state index in [1.807, 2.05) is 45.0 Å². The van der Waals surface area contributed by atoms with Crippen LogP contribution >= 0.6 is 0 Å². The Bertz CT molecular complexity index is 957. The average molecular weight is 443 g/mol. The van der Waals surface area contributed by atoms with E-state index in [-0.39, 0.29) is 37.4 Å². The number of hydrogen-bond acceptors (Lipinski definition) is 6. The Morgan fingerprint density at radius 2 is 1.75 bits per heavy atom. The highest BCUT2D eigenvalue weighted by Gasteiger charge is 2.22.